The van der Waals surface area contributed by atoms with E-state index in [-0.39, 0.29) is 12.6 Å². The molecule has 0 spiro atoms. The average molecular weight is 432 g/mol. The van der Waals surface area contributed by atoms with Crippen LogP contribution in [0.15, 0.2) is 24.3 Å². The van der Waals surface area contributed by atoms with Crippen LogP contribution in [0, 0.1) is 29.4 Å². The molecule has 3 rings (SSSR count). The minimum Gasteiger partial charge on any atom is -0.251 e. The third kappa shape index (κ3) is 5.82. The van der Waals surface area contributed by atoms with Crippen LogP contribution in [0.4, 0.5) is 26.3 Å². The van der Waals surface area contributed by atoms with Crippen LogP contribution in [-0.4, -0.2) is 6.67 Å². The number of halogens is 6. The van der Waals surface area contributed by atoms with Crippen LogP contribution in [0.25, 0.3) is 0 Å². The Morgan fingerprint density at radius 3 is 1.87 bits per heavy atom. The molecule has 30 heavy (non-hydrogen) atoms. The number of hydrogen-bond donors (Lipinski definition) is 0. The highest BCUT2D eigenvalue weighted by Crippen LogP contribution is 2.45. The molecule has 0 radical (unpaired) electrons. The molecule has 6 heteroatoms. The molecule has 2 saturated carbocycles. The Bertz CT molecular complexity index is 684. The van der Waals surface area contributed by atoms with Crippen molar-refractivity contribution >= 4 is 0 Å². The van der Waals surface area contributed by atoms with Crippen molar-refractivity contribution in [3.8, 4) is 0 Å². The van der Waals surface area contributed by atoms with Crippen molar-refractivity contribution in [1.29, 1.82) is 0 Å². The van der Waals surface area contributed by atoms with Crippen LogP contribution < -0.4 is 0 Å². The topological polar surface area (TPSA) is 0 Å². The Morgan fingerprint density at radius 1 is 0.833 bits per heavy atom. The molecule has 0 nitrogen and oxygen atoms in total. The van der Waals surface area contributed by atoms with E-state index in [1.165, 1.54) is 0 Å². The lowest BCUT2D eigenvalue weighted by atomic mass is 9.68. The van der Waals surface area contributed by atoms with E-state index in [9.17, 15) is 26.3 Å². The number of benzene rings is 1. The summed E-state index contributed by atoms with van der Waals surface area (Å²) in [7, 11) is 0. The predicted molar refractivity (Wildman–Crippen MR) is 106 cm³/mol. The Morgan fingerprint density at radius 2 is 1.37 bits per heavy atom. The van der Waals surface area contributed by atoms with Gasteiger partial charge in [-0.3, -0.25) is 4.39 Å². The fourth-order valence-electron chi connectivity index (χ4n) is 5.32. The lowest BCUT2D eigenvalue weighted by Crippen LogP contribution is -2.25. The molecule has 1 aromatic rings. The number of hydrogen-bond acceptors (Lipinski definition) is 0. The van der Waals surface area contributed by atoms with E-state index in [1.807, 2.05) is 0 Å². The number of allylic oxidation sites excluding steroid dienone is 2. The van der Waals surface area contributed by atoms with E-state index in [0.717, 1.165) is 69.9 Å². The summed E-state index contributed by atoms with van der Waals surface area (Å²) in [4.78, 5) is 0. The zero-order chi connectivity index (χ0) is 21.7. The SMILES string of the molecule is FCCCC=CC1CCC(C2CCC(c3cc(F)c(C(F)(F)F)c(F)c3)CC2)CC1. The van der Waals surface area contributed by atoms with Gasteiger partial charge in [0.1, 0.15) is 17.2 Å². The zero-order valence-corrected chi connectivity index (χ0v) is 17.2. The molecule has 0 heterocycles. The molecule has 168 valence electrons. The highest BCUT2D eigenvalue weighted by molar-refractivity contribution is 5.30. The van der Waals surface area contributed by atoms with E-state index in [0.29, 0.717) is 29.7 Å². The number of alkyl halides is 4. The van der Waals surface area contributed by atoms with Gasteiger partial charge in [0, 0.05) is 0 Å². The monoisotopic (exact) mass is 432 g/mol. The van der Waals surface area contributed by atoms with Crippen molar-refractivity contribution < 1.29 is 26.3 Å². The molecule has 0 aromatic heterocycles. The summed E-state index contributed by atoms with van der Waals surface area (Å²) < 4.78 is 78.3. The van der Waals surface area contributed by atoms with E-state index in [2.05, 4.69) is 12.2 Å². The normalized spacial score (nSPS) is 28.2. The summed E-state index contributed by atoms with van der Waals surface area (Å²) in [5.41, 5.74) is -1.45. The first kappa shape index (κ1) is 23.2. The van der Waals surface area contributed by atoms with E-state index in [1.54, 1.807) is 0 Å². The first-order valence-electron chi connectivity index (χ1n) is 11.1. The van der Waals surface area contributed by atoms with Gasteiger partial charge in [-0.25, -0.2) is 8.78 Å². The molecule has 0 amide bonds. The van der Waals surface area contributed by atoms with Crippen LogP contribution in [0.2, 0.25) is 0 Å². The van der Waals surface area contributed by atoms with Gasteiger partial charge in [-0.1, -0.05) is 12.2 Å². The Balaban J connectivity index is 1.51. The third-order valence-corrected chi connectivity index (χ3v) is 6.99. The second kappa shape index (κ2) is 10.2. The van der Waals surface area contributed by atoms with Crippen LogP contribution in [0.5, 0.6) is 0 Å². The number of rotatable bonds is 6. The largest absolute Gasteiger partial charge is 0.422 e. The van der Waals surface area contributed by atoms with Crippen LogP contribution >= 0.6 is 0 Å². The van der Waals surface area contributed by atoms with Gasteiger partial charge in [0.05, 0.1) is 6.67 Å². The predicted octanol–water partition coefficient (Wildman–Crippen LogP) is 8.37. The summed E-state index contributed by atoms with van der Waals surface area (Å²) >= 11 is 0. The lowest BCUT2D eigenvalue weighted by molar-refractivity contribution is -0.142. The summed E-state index contributed by atoms with van der Waals surface area (Å²) in [6, 6.07) is 1.74. The fourth-order valence-corrected chi connectivity index (χ4v) is 5.32. The van der Waals surface area contributed by atoms with E-state index >= 15 is 0 Å². The maximum absolute atomic E-state index is 13.9. The number of unbranched alkanes of at least 4 members (excludes halogenated alkanes) is 1. The molecule has 0 unspecified atom stereocenters. The molecule has 2 aliphatic carbocycles. The van der Waals surface area contributed by atoms with Gasteiger partial charge in [-0.05, 0) is 106 Å². The van der Waals surface area contributed by atoms with Gasteiger partial charge in [0.25, 0.3) is 0 Å². The molecule has 0 aliphatic heterocycles. The van der Waals surface area contributed by atoms with Gasteiger partial charge in [-0.15, -0.1) is 0 Å². The van der Waals surface area contributed by atoms with Gasteiger partial charge >= 0.3 is 6.18 Å². The maximum Gasteiger partial charge on any atom is 0.422 e. The second-order valence-corrected chi connectivity index (χ2v) is 8.90. The quantitative estimate of drug-likeness (QED) is 0.241. The fraction of sp³-hybridized carbons (Fsp3) is 0.667. The van der Waals surface area contributed by atoms with Crippen LogP contribution in [-0.2, 0) is 6.18 Å². The molecular weight excluding hydrogens is 402 g/mol. The van der Waals surface area contributed by atoms with Gasteiger partial charge in [0.15, 0.2) is 0 Å². The van der Waals surface area contributed by atoms with E-state index in [4.69, 9.17) is 0 Å². The molecule has 0 N–H and O–H groups in total. The summed E-state index contributed by atoms with van der Waals surface area (Å²) in [5, 5.41) is 0. The van der Waals surface area contributed by atoms with Crippen molar-refractivity contribution in [2.24, 2.45) is 17.8 Å². The first-order chi connectivity index (χ1) is 14.3. The molecule has 1 aromatic carbocycles. The summed E-state index contributed by atoms with van der Waals surface area (Å²) in [5.74, 6) is -1.29. The molecular formula is C24H30F6. The third-order valence-electron chi connectivity index (χ3n) is 6.99. The van der Waals surface area contributed by atoms with Gasteiger partial charge in [-0.2, -0.15) is 13.2 Å². The molecule has 0 atom stereocenters. The highest BCUT2D eigenvalue weighted by Gasteiger charge is 2.39. The van der Waals surface area contributed by atoms with Gasteiger partial charge < -0.3 is 0 Å². The average Bonchev–Trinajstić information content (AvgIpc) is 2.70. The zero-order valence-electron chi connectivity index (χ0n) is 17.2. The molecule has 0 saturated heterocycles. The molecule has 2 aliphatic rings. The van der Waals surface area contributed by atoms with Crippen molar-refractivity contribution in [2.45, 2.75) is 76.3 Å². The molecule has 2 fully saturated rings. The van der Waals surface area contributed by atoms with Crippen molar-refractivity contribution in [3.05, 3.63) is 47.0 Å². The van der Waals surface area contributed by atoms with Gasteiger partial charge in [0.2, 0.25) is 0 Å². The van der Waals surface area contributed by atoms with Crippen molar-refractivity contribution in [1.82, 2.24) is 0 Å². The Labute approximate surface area is 174 Å². The minimum absolute atomic E-state index is 0.0812. The summed E-state index contributed by atoms with van der Waals surface area (Å²) in [6.45, 7) is -0.272. The Hall–Kier alpha value is -1.46. The van der Waals surface area contributed by atoms with Crippen molar-refractivity contribution in [2.75, 3.05) is 6.67 Å². The minimum atomic E-state index is -5.02. The lowest BCUT2D eigenvalue weighted by Gasteiger charge is -2.37. The van der Waals surface area contributed by atoms with E-state index < -0.39 is 23.4 Å². The molecule has 0 bridgehead atoms. The highest BCUT2D eigenvalue weighted by atomic mass is 19.4. The summed E-state index contributed by atoms with van der Waals surface area (Å²) in [6.07, 6.45) is 8.74. The van der Waals surface area contributed by atoms with Crippen LogP contribution in [0.3, 0.4) is 0 Å². The first-order valence-corrected chi connectivity index (χ1v) is 11.1. The standard InChI is InChI=1S/C24H30F6/c25-13-3-1-2-4-16-5-7-17(8-6-16)18-9-11-19(12-10-18)20-14-21(26)23(22(27)15-20)24(28,29)30/h2,4,14-19H,1,3,5-13H2. The Kier molecular flexibility index (Phi) is 7.92. The smallest absolute Gasteiger partial charge is 0.251 e. The second-order valence-electron chi connectivity index (χ2n) is 8.90. The van der Waals surface area contributed by atoms with Crippen molar-refractivity contribution in [3.63, 3.8) is 0 Å². The maximum atomic E-state index is 13.9. The van der Waals surface area contributed by atoms with Crippen LogP contribution in [0.1, 0.15) is 81.3 Å².